The van der Waals surface area contributed by atoms with E-state index in [2.05, 4.69) is 22.2 Å². The van der Waals surface area contributed by atoms with Gasteiger partial charge in [0.05, 0.1) is 0 Å². The zero-order chi connectivity index (χ0) is 13.7. The number of benzene rings is 1. The SMILES string of the molecule is CCCNc1ncnc(Sc2cccc(F)c2)c1C. The monoisotopic (exact) mass is 277 g/mol. The smallest absolute Gasteiger partial charge is 0.133 e. The summed E-state index contributed by atoms with van der Waals surface area (Å²) in [5.74, 6) is 0.608. The minimum atomic E-state index is -0.235. The maximum Gasteiger partial charge on any atom is 0.133 e. The minimum absolute atomic E-state index is 0.235. The van der Waals surface area contributed by atoms with Gasteiger partial charge in [-0.3, -0.25) is 0 Å². The fourth-order valence-corrected chi connectivity index (χ4v) is 2.49. The van der Waals surface area contributed by atoms with Gasteiger partial charge in [0, 0.05) is 17.0 Å². The highest BCUT2D eigenvalue weighted by Gasteiger charge is 2.08. The Bertz CT molecular complexity index is 560. The van der Waals surface area contributed by atoms with Gasteiger partial charge in [0.25, 0.3) is 0 Å². The van der Waals surface area contributed by atoms with Gasteiger partial charge in [-0.05, 0) is 31.5 Å². The fraction of sp³-hybridized carbons (Fsp3) is 0.286. The number of nitrogens with zero attached hydrogens (tertiary/aromatic N) is 2. The molecule has 19 heavy (non-hydrogen) atoms. The van der Waals surface area contributed by atoms with Crippen molar-refractivity contribution in [3.63, 3.8) is 0 Å². The first-order valence-corrected chi connectivity index (χ1v) is 7.01. The van der Waals surface area contributed by atoms with Crippen LogP contribution in [0.15, 0.2) is 40.5 Å². The predicted octanol–water partition coefficient (Wildman–Crippen LogP) is 3.90. The Morgan fingerprint density at radius 1 is 1.32 bits per heavy atom. The minimum Gasteiger partial charge on any atom is -0.370 e. The van der Waals surface area contributed by atoms with E-state index in [0.29, 0.717) is 0 Å². The Balaban J connectivity index is 2.20. The van der Waals surface area contributed by atoms with Crippen LogP contribution in [-0.2, 0) is 0 Å². The van der Waals surface area contributed by atoms with Crippen molar-refractivity contribution in [1.82, 2.24) is 9.97 Å². The Hall–Kier alpha value is -1.62. The molecule has 3 nitrogen and oxygen atoms in total. The molecule has 0 fully saturated rings. The molecule has 0 atom stereocenters. The second-order valence-electron chi connectivity index (χ2n) is 4.14. The zero-order valence-electron chi connectivity index (χ0n) is 11.0. The van der Waals surface area contributed by atoms with Crippen LogP contribution in [0.25, 0.3) is 0 Å². The van der Waals surface area contributed by atoms with Gasteiger partial charge >= 0.3 is 0 Å². The first-order chi connectivity index (χ1) is 9.20. The standard InChI is InChI=1S/C14H16FN3S/c1-3-7-16-13-10(2)14(18-9-17-13)19-12-6-4-5-11(15)8-12/h4-6,8-9H,3,7H2,1-2H3,(H,16,17,18). The summed E-state index contributed by atoms with van der Waals surface area (Å²) in [6, 6.07) is 6.51. The lowest BCUT2D eigenvalue weighted by molar-refractivity contribution is 0.624. The van der Waals surface area contributed by atoms with Crippen molar-refractivity contribution in [3.05, 3.63) is 42.0 Å². The molecule has 100 valence electrons. The summed E-state index contributed by atoms with van der Waals surface area (Å²) in [6.07, 6.45) is 2.57. The lowest BCUT2D eigenvalue weighted by Gasteiger charge is -2.10. The summed E-state index contributed by atoms with van der Waals surface area (Å²) < 4.78 is 13.2. The Labute approximate surface area is 116 Å². The van der Waals surface area contributed by atoms with Gasteiger partial charge in [0.2, 0.25) is 0 Å². The topological polar surface area (TPSA) is 37.8 Å². The van der Waals surface area contributed by atoms with Gasteiger partial charge in [-0.25, -0.2) is 14.4 Å². The van der Waals surface area contributed by atoms with Gasteiger partial charge in [-0.1, -0.05) is 24.8 Å². The number of halogens is 1. The van der Waals surface area contributed by atoms with Crippen molar-refractivity contribution < 1.29 is 4.39 Å². The third-order valence-corrected chi connectivity index (χ3v) is 3.69. The Morgan fingerprint density at radius 3 is 2.89 bits per heavy atom. The van der Waals surface area contributed by atoms with Crippen LogP contribution in [0.3, 0.4) is 0 Å². The molecule has 2 aromatic rings. The van der Waals surface area contributed by atoms with Crippen LogP contribution in [0, 0.1) is 12.7 Å². The lowest BCUT2D eigenvalue weighted by atomic mass is 10.3. The Kier molecular flexibility index (Phi) is 4.74. The molecule has 0 aliphatic heterocycles. The molecule has 0 bridgehead atoms. The van der Waals surface area contributed by atoms with E-state index >= 15 is 0 Å². The van der Waals surface area contributed by atoms with Crippen molar-refractivity contribution in [1.29, 1.82) is 0 Å². The molecule has 0 aliphatic carbocycles. The van der Waals surface area contributed by atoms with Crippen molar-refractivity contribution in [2.75, 3.05) is 11.9 Å². The average Bonchev–Trinajstić information content (AvgIpc) is 2.40. The third kappa shape index (κ3) is 3.67. The van der Waals surface area contributed by atoms with E-state index in [1.165, 1.54) is 30.2 Å². The first-order valence-electron chi connectivity index (χ1n) is 6.19. The van der Waals surface area contributed by atoms with Gasteiger partial charge < -0.3 is 5.32 Å². The van der Waals surface area contributed by atoms with E-state index in [9.17, 15) is 4.39 Å². The Morgan fingerprint density at radius 2 is 2.16 bits per heavy atom. The maximum atomic E-state index is 13.2. The summed E-state index contributed by atoms with van der Waals surface area (Å²) in [5, 5.41) is 4.11. The molecule has 2 rings (SSSR count). The summed E-state index contributed by atoms with van der Waals surface area (Å²) in [6.45, 7) is 4.95. The third-order valence-electron chi connectivity index (χ3n) is 2.59. The molecule has 0 radical (unpaired) electrons. The molecule has 1 heterocycles. The van der Waals surface area contributed by atoms with E-state index < -0.39 is 0 Å². The van der Waals surface area contributed by atoms with E-state index in [4.69, 9.17) is 0 Å². The van der Waals surface area contributed by atoms with Crippen LogP contribution in [-0.4, -0.2) is 16.5 Å². The van der Waals surface area contributed by atoms with Gasteiger partial charge in [0.15, 0.2) is 0 Å². The summed E-state index contributed by atoms with van der Waals surface area (Å²) >= 11 is 1.44. The van der Waals surface area contributed by atoms with E-state index in [-0.39, 0.29) is 5.82 Å². The van der Waals surface area contributed by atoms with Crippen LogP contribution in [0.2, 0.25) is 0 Å². The number of hydrogen-bond acceptors (Lipinski definition) is 4. The molecule has 0 spiro atoms. The molecule has 1 aromatic carbocycles. The zero-order valence-corrected chi connectivity index (χ0v) is 11.8. The molecule has 0 saturated carbocycles. The molecule has 0 aliphatic rings. The molecule has 1 N–H and O–H groups in total. The second kappa shape index (κ2) is 6.52. The first kappa shape index (κ1) is 13.8. The highest BCUT2D eigenvalue weighted by molar-refractivity contribution is 7.99. The van der Waals surface area contributed by atoms with Crippen molar-refractivity contribution in [2.24, 2.45) is 0 Å². The van der Waals surface area contributed by atoms with Crippen LogP contribution in [0.5, 0.6) is 0 Å². The van der Waals surface area contributed by atoms with E-state index in [1.54, 1.807) is 6.07 Å². The molecule has 5 heteroatoms. The molecule has 1 aromatic heterocycles. The highest BCUT2D eigenvalue weighted by Crippen LogP contribution is 2.30. The van der Waals surface area contributed by atoms with Crippen LogP contribution < -0.4 is 5.32 Å². The predicted molar refractivity (Wildman–Crippen MR) is 76.1 cm³/mol. The van der Waals surface area contributed by atoms with Crippen LogP contribution >= 0.6 is 11.8 Å². The summed E-state index contributed by atoms with van der Waals surface area (Å²) in [4.78, 5) is 9.32. The van der Waals surface area contributed by atoms with Crippen LogP contribution in [0.4, 0.5) is 10.2 Å². The fourth-order valence-electron chi connectivity index (χ4n) is 1.60. The lowest BCUT2D eigenvalue weighted by Crippen LogP contribution is -2.05. The largest absolute Gasteiger partial charge is 0.370 e. The molecular formula is C14H16FN3S. The van der Waals surface area contributed by atoms with E-state index in [1.807, 2.05) is 13.0 Å². The van der Waals surface area contributed by atoms with Crippen LogP contribution in [0.1, 0.15) is 18.9 Å². The second-order valence-corrected chi connectivity index (χ2v) is 5.20. The van der Waals surface area contributed by atoms with Gasteiger partial charge in [-0.15, -0.1) is 0 Å². The number of aromatic nitrogens is 2. The van der Waals surface area contributed by atoms with Gasteiger partial charge in [-0.2, -0.15) is 0 Å². The molecule has 0 saturated heterocycles. The number of rotatable bonds is 5. The van der Waals surface area contributed by atoms with Crippen molar-refractivity contribution in [3.8, 4) is 0 Å². The average molecular weight is 277 g/mol. The maximum absolute atomic E-state index is 13.2. The number of nitrogens with one attached hydrogen (secondary N) is 1. The van der Waals surface area contributed by atoms with Crippen molar-refractivity contribution >= 4 is 17.6 Å². The van der Waals surface area contributed by atoms with Crippen molar-refractivity contribution in [2.45, 2.75) is 30.2 Å². The molecule has 0 unspecified atom stereocenters. The van der Waals surface area contributed by atoms with E-state index in [0.717, 1.165) is 34.3 Å². The molecule has 0 amide bonds. The molecular weight excluding hydrogens is 261 g/mol. The van der Waals surface area contributed by atoms with Gasteiger partial charge in [0.1, 0.15) is 23.0 Å². The normalized spacial score (nSPS) is 10.5. The quantitative estimate of drug-likeness (QED) is 0.841. The summed E-state index contributed by atoms with van der Waals surface area (Å²) in [7, 11) is 0. The highest BCUT2D eigenvalue weighted by atomic mass is 32.2. The summed E-state index contributed by atoms with van der Waals surface area (Å²) in [5.41, 5.74) is 0.991. The number of anilines is 1. The number of hydrogen-bond donors (Lipinski definition) is 1.